The molecule has 1 aliphatic rings. The fourth-order valence-corrected chi connectivity index (χ4v) is 1.78. The van der Waals surface area contributed by atoms with Crippen LogP contribution in [0.5, 0.6) is 0 Å². The first kappa shape index (κ1) is 15.9. The molecule has 0 aromatic heterocycles. The van der Waals surface area contributed by atoms with Gasteiger partial charge in [-0.1, -0.05) is 0 Å². The molecule has 0 radical (unpaired) electrons. The maximum absolute atomic E-state index is 11.9. The Morgan fingerprint density at radius 3 is 2.53 bits per heavy atom. The molecule has 1 heterocycles. The van der Waals surface area contributed by atoms with E-state index in [2.05, 4.69) is 5.32 Å². The summed E-state index contributed by atoms with van der Waals surface area (Å²) in [5, 5.41) is 12.7. The normalized spacial score (nSPS) is 25.5. The van der Waals surface area contributed by atoms with Crippen molar-refractivity contribution >= 4 is 11.9 Å². The Labute approximate surface area is 113 Å². The van der Waals surface area contributed by atoms with Crippen molar-refractivity contribution < 1.29 is 24.2 Å². The van der Waals surface area contributed by atoms with E-state index in [-0.39, 0.29) is 0 Å². The van der Waals surface area contributed by atoms with Crippen LogP contribution in [0.1, 0.15) is 34.1 Å². The molecule has 1 fully saturated rings. The number of ether oxygens (including phenoxy) is 2. The molecule has 0 aromatic rings. The highest BCUT2D eigenvalue weighted by Gasteiger charge is 2.33. The lowest BCUT2D eigenvalue weighted by Crippen LogP contribution is -2.46. The van der Waals surface area contributed by atoms with Crippen LogP contribution in [0.3, 0.4) is 0 Å². The third-order valence-corrected chi connectivity index (χ3v) is 2.78. The molecule has 19 heavy (non-hydrogen) atoms. The van der Waals surface area contributed by atoms with Crippen molar-refractivity contribution in [2.75, 3.05) is 13.1 Å². The average molecular weight is 273 g/mol. The van der Waals surface area contributed by atoms with E-state index in [9.17, 15) is 14.7 Å². The molecule has 0 amide bonds. The van der Waals surface area contributed by atoms with Crippen molar-refractivity contribution in [3.63, 3.8) is 0 Å². The molecule has 0 spiro atoms. The summed E-state index contributed by atoms with van der Waals surface area (Å²) in [6.07, 6.45) is -1.19. The minimum Gasteiger partial charge on any atom is -0.457 e. The van der Waals surface area contributed by atoms with Crippen LogP contribution in [0.2, 0.25) is 0 Å². The van der Waals surface area contributed by atoms with Crippen LogP contribution in [0, 0.1) is 5.92 Å². The molecule has 3 unspecified atom stereocenters. The molecule has 0 bridgehead atoms. The first-order valence-electron chi connectivity index (χ1n) is 6.53. The predicted molar refractivity (Wildman–Crippen MR) is 68.4 cm³/mol. The van der Waals surface area contributed by atoms with Gasteiger partial charge in [-0.05, 0) is 40.7 Å². The molecule has 6 nitrogen and oxygen atoms in total. The fourth-order valence-electron chi connectivity index (χ4n) is 1.78. The standard InChI is InChI=1S/C13H23NO5/c1-8(11(16)19-13(2,3)4)18-12(17)9-7-14-6-5-10(9)15/h8-10,14-15H,5-7H2,1-4H3. The highest BCUT2D eigenvalue weighted by atomic mass is 16.6. The molecule has 0 saturated carbocycles. The van der Waals surface area contributed by atoms with E-state index in [0.717, 1.165) is 0 Å². The molecule has 2 N–H and O–H groups in total. The number of aliphatic hydroxyl groups is 1. The van der Waals surface area contributed by atoms with Crippen LogP contribution >= 0.6 is 0 Å². The summed E-state index contributed by atoms with van der Waals surface area (Å²) in [4.78, 5) is 23.5. The summed E-state index contributed by atoms with van der Waals surface area (Å²) >= 11 is 0. The van der Waals surface area contributed by atoms with Gasteiger partial charge in [0, 0.05) is 6.54 Å². The van der Waals surface area contributed by atoms with E-state index in [1.165, 1.54) is 6.92 Å². The van der Waals surface area contributed by atoms with Gasteiger partial charge in [-0.25, -0.2) is 4.79 Å². The van der Waals surface area contributed by atoms with Crippen molar-refractivity contribution in [3.05, 3.63) is 0 Å². The summed E-state index contributed by atoms with van der Waals surface area (Å²) in [5.41, 5.74) is -0.621. The summed E-state index contributed by atoms with van der Waals surface area (Å²) < 4.78 is 10.2. The fraction of sp³-hybridized carbons (Fsp3) is 0.846. The van der Waals surface area contributed by atoms with Crippen LogP contribution in [0.15, 0.2) is 0 Å². The molecule has 110 valence electrons. The van der Waals surface area contributed by atoms with Crippen LogP contribution < -0.4 is 5.32 Å². The first-order chi connectivity index (χ1) is 8.70. The van der Waals surface area contributed by atoms with Gasteiger partial charge in [-0.2, -0.15) is 0 Å². The van der Waals surface area contributed by atoms with Gasteiger partial charge in [-0.3, -0.25) is 4.79 Å². The monoisotopic (exact) mass is 273 g/mol. The lowest BCUT2D eigenvalue weighted by atomic mass is 9.96. The summed E-state index contributed by atoms with van der Waals surface area (Å²) in [6.45, 7) is 7.74. The van der Waals surface area contributed by atoms with E-state index in [1.807, 2.05) is 0 Å². The summed E-state index contributed by atoms with van der Waals surface area (Å²) in [6, 6.07) is 0. The number of carbonyl (C=O) groups excluding carboxylic acids is 2. The smallest absolute Gasteiger partial charge is 0.347 e. The molecule has 0 aromatic carbocycles. The number of piperidine rings is 1. The van der Waals surface area contributed by atoms with Gasteiger partial charge < -0.3 is 19.9 Å². The number of nitrogens with one attached hydrogen (secondary N) is 1. The van der Waals surface area contributed by atoms with Gasteiger partial charge >= 0.3 is 11.9 Å². The largest absolute Gasteiger partial charge is 0.457 e. The van der Waals surface area contributed by atoms with E-state index in [4.69, 9.17) is 9.47 Å². The molecule has 3 atom stereocenters. The lowest BCUT2D eigenvalue weighted by Gasteiger charge is -2.28. The van der Waals surface area contributed by atoms with Crippen molar-refractivity contribution in [2.45, 2.75) is 51.9 Å². The van der Waals surface area contributed by atoms with Gasteiger partial charge in [0.1, 0.15) is 5.60 Å². The molecular weight excluding hydrogens is 250 g/mol. The third kappa shape index (κ3) is 5.16. The second kappa shape index (κ2) is 6.34. The highest BCUT2D eigenvalue weighted by molar-refractivity contribution is 5.80. The van der Waals surface area contributed by atoms with Gasteiger partial charge in [0.15, 0.2) is 6.10 Å². The zero-order valence-corrected chi connectivity index (χ0v) is 11.9. The number of hydrogen-bond acceptors (Lipinski definition) is 6. The molecule has 0 aliphatic carbocycles. The van der Waals surface area contributed by atoms with Crippen molar-refractivity contribution in [3.8, 4) is 0 Å². The number of hydrogen-bond donors (Lipinski definition) is 2. The third-order valence-electron chi connectivity index (χ3n) is 2.78. The van der Waals surface area contributed by atoms with Gasteiger partial charge in [-0.15, -0.1) is 0 Å². The Hall–Kier alpha value is -1.14. The van der Waals surface area contributed by atoms with Gasteiger partial charge in [0.2, 0.25) is 0 Å². The second-order valence-electron chi connectivity index (χ2n) is 5.78. The minimum absolute atomic E-state index is 0.362. The maximum Gasteiger partial charge on any atom is 0.347 e. The molecule has 1 aliphatic heterocycles. The van der Waals surface area contributed by atoms with Gasteiger partial charge in [0.05, 0.1) is 12.0 Å². The highest BCUT2D eigenvalue weighted by Crippen LogP contribution is 2.15. The van der Waals surface area contributed by atoms with Gasteiger partial charge in [0.25, 0.3) is 0 Å². The Morgan fingerprint density at radius 1 is 1.37 bits per heavy atom. The zero-order chi connectivity index (χ0) is 14.6. The van der Waals surface area contributed by atoms with Crippen molar-refractivity contribution in [1.82, 2.24) is 5.32 Å². The Bertz CT molecular complexity index is 336. The second-order valence-corrected chi connectivity index (χ2v) is 5.78. The number of aliphatic hydroxyl groups excluding tert-OH is 1. The lowest BCUT2D eigenvalue weighted by molar-refractivity contribution is -0.178. The average Bonchev–Trinajstić information content (AvgIpc) is 2.27. The van der Waals surface area contributed by atoms with E-state index in [0.29, 0.717) is 19.5 Å². The number of esters is 2. The van der Waals surface area contributed by atoms with E-state index >= 15 is 0 Å². The Morgan fingerprint density at radius 2 is 2.00 bits per heavy atom. The van der Waals surface area contributed by atoms with E-state index < -0.39 is 35.7 Å². The molecular formula is C13H23NO5. The Kier molecular flexibility index (Phi) is 5.31. The van der Waals surface area contributed by atoms with Crippen LogP contribution in [0.25, 0.3) is 0 Å². The SMILES string of the molecule is CC(OC(=O)C1CNCCC1O)C(=O)OC(C)(C)C. The number of rotatable bonds is 3. The van der Waals surface area contributed by atoms with Crippen LogP contribution in [0.4, 0.5) is 0 Å². The Balaban J connectivity index is 2.49. The summed E-state index contributed by atoms with van der Waals surface area (Å²) in [5.74, 6) is -1.78. The number of carbonyl (C=O) groups is 2. The van der Waals surface area contributed by atoms with Crippen LogP contribution in [-0.4, -0.2) is 47.9 Å². The molecule has 6 heteroatoms. The topological polar surface area (TPSA) is 84.9 Å². The minimum atomic E-state index is -0.971. The van der Waals surface area contributed by atoms with Crippen LogP contribution in [-0.2, 0) is 19.1 Å². The van der Waals surface area contributed by atoms with Crippen molar-refractivity contribution in [1.29, 1.82) is 0 Å². The quantitative estimate of drug-likeness (QED) is 0.716. The molecule has 1 saturated heterocycles. The van der Waals surface area contributed by atoms with Crippen molar-refractivity contribution in [2.24, 2.45) is 5.92 Å². The zero-order valence-electron chi connectivity index (χ0n) is 11.9. The molecule has 1 rings (SSSR count). The first-order valence-corrected chi connectivity index (χ1v) is 6.53. The summed E-state index contributed by atoms with van der Waals surface area (Å²) in [7, 11) is 0. The van der Waals surface area contributed by atoms with E-state index in [1.54, 1.807) is 20.8 Å². The predicted octanol–water partition coefficient (Wildman–Crippen LogP) is 0.230. The maximum atomic E-state index is 11.9.